The van der Waals surface area contributed by atoms with Crippen molar-refractivity contribution < 1.29 is 14.7 Å². The SMILES string of the molecule is Cc1cccc(C(=O)Nc2ccc3c(ccn3CC(=O)O)c2)n1. The van der Waals surface area contributed by atoms with E-state index in [2.05, 4.69) is 10.3 Å². The van der Waals surface area contributed by atoms with Crippen LogP contribution in [0.15, 0.2) is 48.7 Å². The number of carbonyl (C=O) groups excluding carboxylic acids is 1. The van der Waals surface area contributed by atoms with Gasteiger partial charge in [-0.05, 0) is 43.3 Å². The number of nitrogens with zero attached hydrogens (tertiary/aromatic N) is 2. The molecule has 116 valence electrons. The average molecular weight is 309 g/mol. The Kier molecular flexibility index (Phi) is 3.80. The summed E-state index contributed by atoms with van der Waals surface area (Å²) < 4.78 is 1.64. The molecule has 0 atom stereocenters. The third-order valence-corrected chi connectivity index (χ3v) is 3.46. The molecule has 2 N–H and O–H groups in total. The van der Waals surface area contributed by atoms with Crippen molar-refractivity contribution in [3.63, 3.8) is 0 Å². The van der Waals surface area contributed by atoms with Crippen LogP contribution in [0.1, 0.15) is 16.2 Å². The number of pyridine rings is 1. The van der Waals surface area contributed by atoms with Crippen LogP contribution in [0.5, 0.6) is 0 Å². The van der Waals surface area contributed by atoms with Crippen molar-refractivity contribution in [2.75, 3.05) is 5.32 Å². The van der Waals surface area contributed by atoms with Gasteiger partial charge >= 0.3 is 5.97 Å². The lowest BCUT2D eigenvalue weighted by Crippen LogP contribution is -2.14. The zero-order chi connectivity index (χ0) is 16.4. The second kappa shape index (κ2) is 5.92. The first kappa shape index (κ1) is 14.8. The van der Waals surface area contributed by atoms with E-state index in [0.717, 1.165) is 16.6 Å². The van der Waals surface area contributed by atoms with Gasteiger partial charge in [0.05, 0.1) is 0 Å². The molecule has 0 unspecified atom stereocenters. The Morgan fingerprint density at radius 2 is 2.04 bits per heavy atom. The summed E-state index contributed by atoms with van der Waals surface area (Å²) in [5.74, 6) is -1.18. The number of nitrogens with one attached hydrogen (secondary N) is 1. The summed E-state index contributed by atoms with van der Waals surface area (Å²) >= 11 is 0. The zero-order valence-electron chi connectivity index (χ0n) is 12.5. The molecule has 0 spiro atoms. The van der Waals surface area contributed by atoms with Crippen molar-refractivity contribution >= 4 is 28.5 Å². The summed E-state index contributed by atoms with van der Waals surface area (Å²) in [5, 5.41) is 12.5. The van der Waals surface area contributed by atoms with E-state index >= 15 is 0 Å². The number of carboxylic acid groups (broad SMARTS) is 1. The molecule has 0 aliphatic carbocycles. The average Bonchev–Trinajstić information content (AvgIpc) is 2.89. The lowest BCUT2D eigenvalue weighted by atomic mass is 10.2. The molecule has 0 radical (unpaired) electrons. The maximum absolute atomic E-state index is 12.2. The van der Waals surface area contributed by atoms with Gasteiger partial charge in [-0.1, -0.05) is 6.07 Å². The molecule has 0 fully saturated rings. The Labute approximate surface area is 132 Å². The minimum absolute atomic E-state index is 0.0948. The monoisotopic (exact) mass is 309 g/mol. The summed E-state index contributed by atoms with van der Waals surface area (Å²) in [6, 6.07) is 12.4. The molecule has 23 heavy (non-hydrogen) atoms. The van der Waals surface area contributed by atoms with Gasteiger partial charge in [0.1, 0.15) is 12.2 Å². The topological polar surface area (TPSA) is 84.2 Å². The number of benzene rings is 1. The van der Waals surface area contributed by atoms with E-state index < -0.39 is 5.97 Å². The number of hydrogen-bond donors (Lipinski definition) is 2. The number of amides is 1. The van der Waals surface area contributed by atoms with Crippen LogP contribution in [-0.4, -0.2) is 26.5 Å². The molecule has 0 aliphatic rings. The Morgan fingerprint density at radius 3 is 2.78 bits per heavy atom. The standard InChI is InChI=1S/C17H15N3O3/c1-11-3-2-4-14(18-11)17(23)19-13-5-6-15-12(9-13)7-8-20(15)10-16(21)22/h2-9H,10H2,1H3,(H,19,23)(H,21,22). The molecular formula is C17H15N3O3. The van der Waals surface area contributed by atoms with E-state index in [4.69, 9.17) is 5.11 Å². The predicted molar refractivity (Wildman–Crippen MR) is 86.5 cm³/mol. The molecule has 6 heteroatoms. The summed E-state index contributed by atoms with van der Waals surface area (Å²) in [6.07, 6.45) is 1.71. The van der Waals surface area contributed by atoms with Crippen molar-refractivity contribution in [1.82, 2.24) is 9.55 Å². The van der Waals surface area contributed by atoms with Gasteiger partial charge in [0.15, 0.2) is 0 Å². The van der Waals surface area contributed by atoms with Crippen LogP contribution in [0, 0.1) is 6.92 Å². The number of aromatic nitrogens is 2. The minimum Gasteiger partial charge on any atom is -0.480 e. The van der Waals surface area contributed by atoms with Gasteiger partial charge in [-0.2, -0.15) is 0 Å². The molecule has 0 bridgehead atoms. The lowest BCUT2D eigenvalue weighted by Gasteiger charge is -2.06. The maximum Gasteiger partial charge on any atom is 0.323 e. The first-order chi connectivity index (χ1) is 11.0. The summed E-state index contributed by atoms with van der Waals surface area (Å²) in [4.78, 5) is 27.2. The number of aryl methyl sites for hydroxylation is 1. The third kappa shape index (κ3) is 3.21. The van der Waals surface area contributed by atoms with Crippen LogP contribution in [0.25, 0.3) is 10.9 Å². The van der Waals surface area contributed by atoms with Gasteiger partial charge in [0.2, 0.25) is 0 Å². The van der Waals surface area contributed by atoms with E-state index in [1.807, 2.05) is 19.1 Å². The molecule has 0 aliphatic heterocycles. The van der Waals surface area contributed by atoms with E-state index in [0.29, 0.717) is 11.4 Å². The molecule has 3 aromatic rings. The van der Waals surface area contributed by atoms with E-state index in [9.17, 15) is 9.59 Å². The van der Waals surface area contributed by atoms with Crippen LogP contribution in [0.2, 0.25) is 0 Å². The zero-order valence-corrected chi connectivity index (χ0v) is 12.5. The second-order valence-corrected chi connectivity index (χ2v) is 5.23. The van der Waals surface area contributed by atoms with Crippen molar-refractivity contribution in [2.45, 2.75) is 13.5 Å². The van der Waals surface area contributed by atoms with Crippen molar-refractivity contribution in [1.29, 1.82) is 0 Å². The maximum atomic E-state index is 12.2. The fourth-order valence-electron chi connectivity index (χ4n) is 2.43. The smallest absolute Gasteiger partial charge is 0.323 e. The predicted octanol–water partition coefficient (Wildman–Crippen LogP) is 2.68. The molecule has 1 aromatic carbocycles. The van der Waals surface area contributed by atoms with Crippen LogP contribution >= 0.6 is 0 Å². The fraction of sp³-hybridized carbons (Fsp3) is 0.118. The van der Waals surface area contributed by atoms with Gasteiger partial charge in [-0.25, -0.2) is 4.98 Å². The molecule has 0 saturated carbocycles. The highest BCUT2D eigenvalue weighted by Gasteiger charge is 2.09. The molecule has 2 aromatic heterocycles. The number of anilines is 1. The highest BCUT2D eigenvalue weighted by atomic mass is 16.4. The van der Waals surface area contributed by atoms with Crippen LogP contribution in [-0.2, 0) is 11.3 Å². The number of aliphatic carboxylic acids is 1. The van der Waals surface area contributed by atoms with Gasteiger partial charge in [-0.15, -0.1) is 0 Å². The second-order valence-electron chi connectivity index (χ2n) is 5.23. The first-order valence-electron chi connectivity index (χ1n) is 7.08. The van der Waals surface area contributed by atoms with Gasteiger partial charge in [-0.3, -0.25) is 9.59 Å². The van der Waals surface area contributed by atoms with E-state index in [-0.39, 0.29) is 12.5 Å². The van der Waals surface area contributed by atoms with E-state index in [1.54, 1.807) is 41.1 Å². The number of carbonyl (C=O) groups is 2. The van der Waals surface area contributed by atoms with Gasteiger partial charge in [0, 0.05) is 28.5 Å². The van der Waals surface area contributed by atoms with Crippen LogP contribution in [0.3, 0.4) is 0 Å². The number of hydrogen-bond acceptors (Lipinski definition) is 3. The highest BCUT2D eigenvalue weighted by molar-refractivity contribution is 6.03. The third-order valence-electron chi connectivity index (χ3n) is 3.46. The summed E-state index contributed by atoms with van der Waals surface area (Å²) in [5.41, 5.74) is 2.57. The summed E-state index contributed by atoms with van der Waals surface area (Å²) in [6.45, 7) is 1.73. The Bertz CT molecular complexity index is 899. The fourth-order valence-corrected chi connectivity index (χ4v) is 2.43. The number of fused-ring (bicyclic) bond motifs is 1. The summed E-state index contributed by atoms with van der Waals surface area (Å²) in [7, 11) is 0. The first-order valence-corrected chi connectivity index (χ1v) is 7.08. The van der Waals surface area contributed by atoms with Crippen LogP contribution in [0.4, 0.5) is 5.69 Å². The largest absolute Gasteiger partial charge is 0.480 e. The van der Waals surface area contributed by atoms with Crippen molar-refractivity contribution in [2.24, 2.45) is 0 Å². The quantitative estimate of drug-likeness (QED) is 0.776. The molecule has 2 heterocycles. The molecular weight excluding hydrogens is 294 g/mol. The molecule has 3 rings (SSSR count). The van der Waals surface area contributed by atoms with Crippen molar-refractivity contribution in [3.05, 3.63) is 60.0 Å². The van der Waals surface area contributed by atoms with Gasteiger partial charge in [0.25, 0.3) is 5.91 Å². The Hall–Kier alpha value is -3.15. The Balaban J connectivity index is 1.84. The van der Waals surface area contributed by atoms with Crippen molar-refractivity contribution in [3.8, 4) is 0 Å². The van der Waals surface area contributed by atoms with E-state index in [1.165, 1.54) is 0 Å². The molecule has 6 nitrogen and oxygen atoms in total. The molecule has 1 amide bonds. The Morgan fingerprint density at radius 1 is 1.22 bits per heavy atom. The molecule has 0 saturated heterocycles. The lowest BCUT2D eigenvalue weighted by molar-refractivity contribution is -0.137. The minimum atomic E-state index is -0.898. The van der Waals surface area contributed by atoms with Gasteiger partial charge < -0.3 is 15.0 Å². The number of carboxylic acids is 1. The normalized spacial score (nSPS) is 10.7. The van der Waals surface area contributed by atoms with Crippen LogP contribution < -0.4 is 5.32 Å². The number of rotatable bonds is 4. The highest BCUT2D eigenvalue weighted by Crippen LogP contribution is 2.21.